The van der Waals surface area contributed by atoms with Gasteiger partial charge in [-0.05, 0) is 18.6 Å². The number of carbonyl (C=O) groups is 1. The monoisotopic (exact) mass is 455 g/mol. The van der Waals surface area contributed by atoms with Crippen LogP contribution in [-0.4, -0.2) is 95.7 Å². The van der Waals surface area contributed by atoms with E-state index in [0.29, 0.717) is 31.2 Å². The molecule has 1 aromatic carbocycles. The van der Waals surface area contributed by atoms with E-state index < -0.39 is 0 Å². The van der Waals surface area contributed by atoms with Crippen LogP contribution in [0.5, 0.6) is 0 Å². The second-order valence-corrected chi connectivity index (χ2v) is 9.11. The molecule has 0 radical (unpaired) electrons. The van der Waals surface area contributed by atoms with Crippen LogP contribution in [0.2, 0.25) is 0 Å². The predicted octanol–water partition coefficient (Wildman–Crippen LogP) is 2.31. The Morgan fingerprint density at radius 3 is 2.42 bits per heavy atom. The van der Waals surface area contributed by atoms with Gasteiger partial charge < -0.3 is 19.3 Å². The van der Waals surface area contributed by atoms with Crippen molar-refractivity contribution in [2.75, 3.05) is 63.8 Å². The summed E-state index contributed by atoms with van der Waals surface area (Å²) in [6.45, 7) is 10.2. The summed E-state index contributed by atoms with van der Waals surface area (Å²) in [5, 5.41) is 10.1. The molecule has 1 amide bonds. The number of aliphatic hydroxyl groups excluding tert-OH is 1. The molecule has 2 aromatic rings. The van der Waals surface area contributed by atoms with E-state index >= 15 is 0 Å². The lowest BCUT2D eigenvalue weighted by molar-refractivity contribution is 0.0627. The fraction of sp³-hybridized carbons (Fsp3) is 0.600. The van der Waals surface area contributed by atoms with E-state index in [1.807, 2.05) is 23.1 Å². The molecule has 1 aromatic heterocycles. The lowest BCUT2D eigenvalue weighted by Gasteiger charge is -2.35. The first kappa shape index (κ1) is 23.7. The molecule has 33 heavy (non-hydrogen) atoms. The molecular weight excluding hydrogens is 418 g/mol. The number of carbonyl (C=O) groups excluding carboxylic acids is 1. The van der Waals surface area contributed by atoms with Crippen LogP contribution >= 0.6 is 0 Å². The van der Waals surface area contributed by atoms with E-state index in [9.17, 15) is 9.90 Å². The van der Waals surface area contributed by atoms with E-state index in [2.05, 4.69) is 38.7 Å². The summed E-state index contributed by atoms with van der Waals surface area (Å²) in [6.07, 6.45) is 4.35. The zero-order valence-corrected chi connectivity index (χ0v) is 19.7. The van der Waals surface area contributed by atoms with Crippen molar-refractivity contribution < 1.29 is 14.3 Å². The van der Waals surface area contributed by atoms with Crippen molar-refractivity contribution in [2.24, 2.45) is 0 Å². The summed E-state index contributed by atoms with van der Waals surface area (Å²) in [6, 6.07) is 10.3. The van der Waals surface area contributed by atoms with Gasteiger partial charge in [-0.1, -0.05) is 38.0 Å². The van der Waals surface area contributed by atoms with E-state index in [-0.39, 0.29) is 12.0 Å². The zero-order valence-electron chi connectivity index (χ0n) is 19.7. The topological polar surface area (TPSA) is 76.3 Å². The lowest BCUT2D eigenvalue weighted by atomic mass is 10.1. The Kier molecular flexibility index (Phi) is 8.36. The van der Waals surface area contributed by atoms with Crippen molar-refractivity contribution in [1.29, 1.82) is 0 Å². The standard InChI is InChI=1S/C25H37N5O3/c1-2-3-9-22(31)18-27-10-12-28(13-11-27)19-24-26-23(20-33-24)25(32)30-16-14-29(15-17-30)21-7-5-4-6-8-21/h4-8,20,22,31H,2-3,9-19H2,1H3/t22-/m0/s1. The van der Waals surface area contributed by atoms with E-state index in [0.717, 1.165) is 65.1 Å². The van der Waals surface area contributed by atoms with Gasteiger partial charge in [0.25, 0.3) is 5.91 Å². The van der Waals surface area contributed by atoms with Crippen LogP contribution < -0.4 is 4.90 Å². The van der Waals surface area contributed by atoms with Crippen LogP contribution in [0.4, 0.5) is 5.69 Å². The third kappa shape index (κ3) is 6.56. The van der Waals surface area contributed by atoms with Gasteiger partial charge in [-0.15, -0.1) is 0 Å². The summed E-state index contributed by atoms with van der Waals surface area (Å²) in [5.41, 5.74) is 1.60. The average molecular weight is 456 g/mol. The molecule has 2 aliphatic heterocycles. The highest BCUT2D eigenvalue weighted by Gasteiger charge is 2.26. The number of oxazole rings is 1. The number of hydrogen-bond donors (Lipinski definition) is 1. The number of para-hydroxylation sites is 1. The van der Waals surface area contributed by atoms with Crippen molar-refractivity contribution in [3.05, 3.63) is 48.2 Å². The number of unbranched alkanes of at least 4 members (excludes halogenated alkanes) is 1. The van der Waals surface area contributed by atoms with Gasteiger partial charge in [0.2, 0.25) is 5.89 Å². The van der Waals surface area contributed by atoms with Crippen LogP contribution in [0, 0.1) is 0 Å². The number of benzene rings is 1. The maximum absolute atomic E-state index is 12.9. The van der Waals surface area contributed by atoms with Gasteiger partial charge in [-0.2, -0.15) is 0 Å². The number of amides is 1. The molecular formula is C25H37N5O3. The summed E-state index contributed by atoms with van der Waals surface area (Å²) >= 11 is 0. The Morgan fingerprint density at radius 1 is 1.03 bits per heavy atom. The highest BCUT2D eigenvalue weighted by atomic mass is 16.3. The highest BCUT2D eigenvalue weighted by Crippen LogP contribution is 2.17. The molecule has 2 saturated heterocycles. The van der Waals surface area contributed by atoms with Gasteiger partial charge in [0, 0.05) is 64.6 Å². The molecule has 3 heterocycles. The second-order valence-electron chi connectivity index (χ2n) is 9.11. The molecule has 1 atom stereocenters. The van der Waals surface area contributed by atoms with Gasteiger partial charge >= 0.3 is 0 Å². The minimum atomic E-state index is -0.230. The molecule has 8 heteroatoms. The molecule has 8 nitrogen and oxygen atoms in total. The van der Waals surface area contributed by atoms with Crippen molar-refractivity contribution in [1.82, 2.24) is 19.7 Å². The lowest BCUT2D eigenvalue weighted by Crippen LogP contribution is -2.49. The highest BCUT2D eigenvalue weighted by molar-refractivity contribution is 5.92. The quantitative estimate of drug-likeness (QED) is 0.622. The van der Waals surface area contributed by atoms with E-state index in [4.69, 9.17) is 4.42 Å². The molecule has 2 fully saturated rings. The van der Waals surface area contributed by atoms with E-state index in [1.54, 1.807) is 0 Å². The SMILES string of the molecule is CCCC[C@H](O)CN1CCN(Cc2nc(C(=O)N3CCN(c4ccccc4)CC3)co2)CC1. The predicted molar refractivity (Wildman–Crippen MR) is 128 cm³/mol. The molecule has 0 bridgehead atoms. The summed E-state index contributed by atoms with van der Waals surface area (Å²) in [4.78, 5) is 26.2. The minimum absolute atomic E-state index is 0.0522. The Labute approximate surface area is 196 Å². The Morgan fingerprint density at radius 2 is 1.73 bits per heavy atom. The average Bonchev–Trinajstić information content (AvgIpc) is 3.32. The molecule has 0 aliphatic carbocycles. The number of rotatable bonds is 9. The molecule has 1 N–H and O–H groups in total. The van der Waals surface area contributed by atoms with Crippen LogP contribution in [0.3, 0.4) is 0 Å². The smallest absolute Gasteiger partial charge is 0.275 e. The molecule has 2 aliphatic rings. The number of aliphatic hydroxyl groups is 1. The summed E-state index contributed by atoms with van der Waals surface area (Å²) < 4.78 is 5.64. The Balaban J connectivity index is 1.21. The first-order valence-electron chi connectivity index (χ1n) is 12.3. The molecule has 0 saturated carbocycles. The van der Waals surface area contributed by atoms with Crippen LogP contribution in [0.15, 0.2) is 41.0 Å². The number of β-amino-alcohol motifs (C(OH)–C–C–N with tert-alkyl or cyclic N) is 1. The van der Waals surface area contributed by atoms with Gasteiger partial charge in [0.1, 0.15) is 6.26 Å². The molecule has 180 valence electrons. The molecule has 4 rings (SSSR count). The normalized spacial score (nSPS) is 19.1. The Hall–Kier alpha value is -2.42. The third-order valence-corrected chi connectivity index (χ3v) is 6.64. The van der Waals surface area contributed by atoms with Gasteiger partial charge in [0.15, 0.2) is 5.69 Å². The fourth-order valence-electron chi connectivity index (χ4n) is 4.60. The third-order valence-electron chi connectivity index (χ3n) is 6.64. The van der Waals surface area contributed by atoms with Crippen LogP contribution in [-0.2, 0) is 6.54 Å². The van der Waals surface area contributed by atoms with Gasteiger partial charge in [0.05, 0.1) is 12.6 Å². The molecule has 0 unspecified atom stereocenters. The van der Waals surface area contributed by atoms with Crippen molar-refractivity contribution >= 4 is 11.6 Å². The van der Waals surface area contributed by atoms with Crippen molar-refractivity contribution in [3.63, 3.8) is 0 Å². The molecule has 0 spiro atoms. The summed E-state index contributed by atoms with van der Waals surface area (Å²) in [7, 11) is 0. The number of anilines is 1. The van der Waals surface area contributed by atoms with Crippen molar-refractivity contribution in [2.45, 2.75) is 38.8 Å². The van der Waals surface area contributed by atoms with E-state index in [1.165, 1.54) is 12.0 Å². The zero-order chi connectivity index (χ0) is 23.0. The number of hydrogen-bond acceptors (Lipinski definition) is 7. The van der Waals surface area contributed by atoms with Gasteiger partial charge in [-0.3, -0.25) is 14.6 Å². The number of aromatic nitrogens is 1. The first-order chi connectivity index (χ1) is 16.1. The van der Waals surface area contributed by atoms with Crippen LogP contribution in [0.1, 0.15) is 42.6 Å². The van der Waals surface area contributed by atoms with Crippen LogP contribution in [0.25, 0.3) is 0 Å². The maximum Gasteiger partial charge on any atom is 0.275 e. The summed E-state index contributed by atoms with van der Waals surface area (Å²) in [5.74, 6) is 0.543. The second kappa shape index (κ2) is 11.6. The first-order valence-corrected chi connectivity index (χ1v) is 12.3. The largest absolute Gasteiger partial charge is 0.447 e. The minimum Gasteiger partial charge on any atom is -0.447 e. The van der Waals surface area contributed by atoms with Gasteiger partial charge in [-0.25, -0.2) is 4.98 Å². The fourth-order valence-corrected chi connectivity index (χ4v) is 4.60. The number of piperazine rings is 2. The maximum atomic E-state index is 12.9. The number of nitrogens with zero attached hydrogens (tertiary/aromatic N) is 5. The Bertz CT molecular complexity index is 858. The van der Waals surface area contributed by atoms with Crippen molar-refractivity contribution in [3.8, 4) is 0 Å².